The number of rotatable bonds is 6. The predicted octanol–water partition coefficient (Wildman–Crippen LogP) is 2.16. The van der Waals surface area contributed by atoms with Crippen molar-refractivity contribution in [2.75, 3.05) is 13.1 Å². The highest BCUT2D eigenvalue weighted by Gasteiger charge is 2.20. The van der Waals surface area contributed by atoms with Gasteiger partial charge in [0.05, 0.1) is 0 Å². The molecule has 0 saturated carbocycles. The Kier molecular flexibility index (Phi) is 5.51. The third-order valence-electron chi connectivity index (χ3n) is 4.89. The maximum absolute atomic E-state index is 12.2. The van der Waals surface area contributed by atoms with Crippen LogP contribution in [0.5, 0.6) is 11.5 Å². The minimum absolute atomic E-state index is 0.258. The first kappa shape index (κ1) is 19.7. The van der Waals surface area contributed by atoms with Crippen LogP contribution in [0.1, 0.15) is 11.1 Å². The van der Waals surface area contributed by atoms with E-state index in [9.17, 15) is 9.59 Å². The zero-order chi connectivity index (χ0) is 21.1. The van der Waals surface area contributed by atoms with E-state index in [1.54, 1.807) is 36.4 Å². The molecule has 0 unspecified atom stereocenters. The maximum atomic E-state index is 12.2. The summed E-state index contributed by atoms with van der Waals surface area (Å²) in [5.41, 5.74) is 15.1. The van der Waals surface area contributed by atoms with Gasteiger partial charge in [-0.1, -0.05) is 0 Å². The fraction of sp³-hybridized carbons (Fsp3) is 0.182. The highest BCUT2D eigenvalue weighted by molar-refractivity contribution is 6.31. The monoisotopic (exact) mass is 406 g/mol. The molecule has 0 saturated heterocycles. The number of nitrogens with two attached hydrogens (primary N) is 2. The van der Waals surface area contributed by atoms with Crippen LogP contribution >= 0.6 is 0 Å². The molecule has 4 rings (SSSR count). The molecule has 0 spiro atoms. The van der Waals surface area contributed by atoms with Crippen molar-refractivity contribution in [1.82, 2.24) is 9.97 Å². The van der Waals surface area contributed by atoms with E-state index in [1.165, 1.54) is 0 Å². The number of carbonyl (C=O) groups is 2. The fourth-order valence-electron chi connectivity index (χ4n) is 3.46. The predicted molar refractivity (Wildman–Crippen MR) is 113 cm³/mol. The van der Waals surface area contributed by atoms with Gasteiger partial charge in [0.2, 0.25) is 0 Å². The Bertz CT molecular complexity index is 1130. The number of esters is 2. The van der Waals surface area contributed by atoms with Crippen molar-refractivity contribution in [3.05, 3.63) is 59.9 Å². The molecule has 6 N–H and O–H groups in total. The van der Waals surface area contributed by atoms with Crippen molar-refractivity contribution in [1.29, 1.82) is 0 Å². The van der Waals surface area contributed by atoms with E-state index >= 15 is 0 Å². The third kappa shape index (κ3) is 3.91. The Balaban J connectivity index is 1.48. The van der Waals surface area contributed by atoms with E-state index in [4.69, 9.17) is 20.9 Å². The molecule has 0 atom stereocenters. The van der Waals surface area contributed by atoms with Crippen molar-refractivity contribution in [2.24, 2.45) is 11.5 Å². The van der Waals surface area contributed by atoms with Gasteiger partial charge in [-0.15, -0.1) is 0 Å². The van der Waals surface area contributed by atoms with Gasteiger partial charge in [0, 0.05) is 34.2 Å². The summed E-state index contributed by atoms with van der Waals surface area (Å²) in [5, 5.41) is 1.79. The number of ether oxygens (including phenoxy) is 2. The molecule has 8 heteroatoms. The summed E-state index contributed by atoms with van der Waals surface area (Å²) in [6, 6.07) is 10.2. The number of hydrogen-bond acceptors (Lipinski definition) is 6. The van der Waals surface area contributed by atoms with E-state index in [0.29, 0.717) is 25.9 Å². The van der Waals surface area contributed by atoms with Crippen molar-refractivity contribution < 1.29 is 19.1 Å². The zero-order valence-electron chi connectivity index (χ0n) is 16.2. The summed E-state index contributed by atoms with van der Waals surface area (Å²) in [5.74, 6) is -1.68. The second-order valence-electron chi connectivity index (χ2n) is 6.90. The summed E-state index contributed by atoms with van der Waals surface area (Å²) in [7, 11) is 0. The van der Waals surface area contributed by atoms with Crippen LogP contribution in [0.25, 0.3) is 21.8 Å². The number of aromatic amines is 2. The maximum Gasteiger partial charge on any atom is 0.423 e. The molecule has 0 radical (unpaired) electrons. The van der Waals surface area contributed by atoms with Crippen molar-refractivity contribution in [3.63, 3.8) is 0 Å². The van der Waals surface area contributed by atoms with E-state index < -0.39 is 11.9 Å². The lowest BCUT2D eigenvalue weighted by Crippen LogP contribution is -2.25. The molecule has 2 heterocycles. The lowest BCUT2D eigenvalue weighted by atomic mass is 10.1. The number of aromatic nitrogens is 2. The molecule has 30 heavy (non-hydrogen) atoms. The van der Waals surface area contributed by atoms with E-state index in [0.717, 1.165) is 32.9 Å². The van der Waals surface area contributed by atoms with Gasteiger partial charge < -0.3 is 30.9 Å². The minimum atomic E-state index is -1.10. The molecule has 0 aliphatic rings. The fourth-order valence-corrected chi connectivity index (χ4v) is 3.46. The lowest BCUT2D eigenvalue weighted by molar-refractivity contribution is -0.156. The van der Waals surface area contributed by atoms with Crippen molar-refractivity contribution >= 4 is 33.7 Å². The van der Waals surface area contributed by atoms with Crippen LogP contribution in [0.15, 0.2) is 48.8 Å². The molecule has 0 aliphatic carbocycles. The van der Waals surface area contributed by atoms with Gasteiger partial charge in [-0.05, 0) is 73.5 Å². The standard InChI is InChI=1S/C22H22N4O4/c23-7-5-13-11-25-19-3-1-15(9-17(13)19)29-21(27)22(28)30-16-2-4-20-18(10-16)14(6-8-24)12-26-20/h1-4,9-12,25-26H,5-8,23-24H2. The lowest BCUT2D eigenvalue weighted by Gasteiger charge is -2.06. The smallest absolute Gasteiger partial charge is 0.418 e. The largest absolute Gasteiger partial charge is 0.423 e. The SMILES string of the molecule is NCCc1c[nH]c2ccc(OC(=O)C(=O)Oc3ccc4[nH]cc(CCN)c4c3)cc12. The molecule has 2 aromatic heterocycles. The van der Waals surface area contributed by atoms with Crippen LogP contribution in [0, 0.1) is 0 Å². The molecule has 0 fully saturated rings. The van der Waals surface area contributed by atoms with E-state index in [1.807, 2.05) is 12.4 Å². The molecule has 4 aromatic rings. The minimum Gasteiger partial charge on any atom is -0.418 e. The second kappa shape index (κ2) is 8.40. The van der Waals surface area contributed by atoms with E-state index in [2.05, 4.69) is 9.97 Å². The van der Waals surface area contributed by atoms with Gasteiger partial charge in [-0.3, -0.25) is 0 Å². The average molecular weight is 406 g/mol. The number of nitrogens with one attached hydrogen (secondary N) is 2. The number of carbonyl (C=O) groups excluding carboxylic acids is 2. The normalized spacial score (nSPS) is 11.1. The van der Waals surface area contributed by atoms with Crippen LogP contribution in [0.2, 0.25) is 0 Å². The van der Waals surface area contributed by atoms with Crippen molar-refractivity contribution in [2.45, 2.75) is 12.8 Å². The Hall–Kier alpha value is -3.62. The number of hydrogen-bond donors (Lipinski definition) is 4. The zero-order valence-corrected chi connectivity index (χ0v) is 16.2. The van der Waals surface area contributed by atoms with Gasteiger partial charge in [-0.2, -0.15) is 0 Å². The van der Waals surface area contributed by atoms with Crippen LogP contribution in [-0.4, -0.2) is 35.0 Å². The van der Waals surface area contributed by atoms with Crippen LogP contribution in [0.3, 0.4) is 0 Å². The number of benzene rings is 2. The summed E-state index contributed by atoms with van der Waals surface area (Å²) in [4.78, 5) is 30.7. The van der Waals surface area contributed by atoms with Crippen molar-refractivity contribution in [3.8, 4) is 11.5 Å². The Morgan fingerprint density at radius 2 is 1.17 bits per heavy atom. The topological polar surface area (TPSA) is 136 Å². The Morgan fingerprint density at radius 1 is 0.733 bits per heavy atom. The number of fused-ring (bicyclic) bond motifs is 2. The molecule has 0 aliphatic heterocycles. The van der Waals surface area contributed by atoms with Gasteiger partial charge in [0.25, 0.3) is 0 Å². The highest BCUT2D eigenvalue weighted by Crippen LogP contribution is 2.26. The molecule has 154 valence electrons. The molecule has 0 bridgehead atoms. The Labute approximate surface area is 172 Å². The van der Waals surface area contributed by atoms with Crippen LogP contribution in [0.4, 0.5) is 0 Å². The van der Waals surface area contributed by atoms with Crippen LogP contribution < -0.4 is 20.9 Å². The molecular weight excluding hydrogens is 384 g/mol. The van der Waals surface area contributed by atoms with Gasteiger partial charge in [-0.25, -0.2) is 9.59 Å². The third-order valence-corrected chi connectivity index (χ3v) is 4.89. The molecule has 8 nitrogen and oxygen atoms in total. The van der Waals surface area contributed by atoms with Crippen LogP contribution in [-0.2, 0) is 22.4 Å². The van der Waals surface area contributed by atoms with Gasteiger partial charge >= 0.3 is 11.9 Å². The van der Waals surface area contributed by atoms with E-state index in [-0.39, 0.29) is 11.5 Å². The average Bonchev–Trinajstić information content (AvgIpc) is 3.32. The first-order valence-corrected chi connectivity index (χ1v) is 9.63. The van der Waals surface area contributed by atoms with Gasteiger partial charge in [0.15, 0.2) is 0 Å². The summed E-state index contributed by atoms with van der Waals surface area (Å²) in [6.45, 7) is 1.00. The molecule has 2 aromatic carbocycles. The summed E-state index contributed by atoms with van der Waals surface area (Å²) in [6.07, 6.45) is 5.11. The molecular formula is C22H22N4O4. The van der Waals surface area contributed by atoms with Gasteiger partial charge in [0.1, 0.15) is 11.5 Å². The first-order valence-electron chi connectivity index (χ1n) is 9.63. The Morgan fingerprint density at radius 3 is 1.57 bits per heavy atom. The highest BCUT2D eigenvalue weighted by atomic mass is 16.6. The summed E-state index contributed by atoms with van der Waals surface area (Å²) < 4.78 is 10.4. The summed E-state index contributed by atoms with van der Waals surface area (Å²) >= 11 is 0. The second-order valence-corrected chi connectivity index (χ2v) is 6.90. The first-order chi connectivity index (χ1) is 14.6. The quantitative estimate of drug-likeness (QED) is 0.220. The number of H-pyrrole nitrogens is 2. The molecule has 0 amide bonds.